The molecule has 3 aromatic carbocycles. The second kappa shape index (κ2) is 15.5. The van der Waals surface area contributed by atoms with Crippen LogP contribution < -0.4 is 24.5 Å². The molecule has 0 saturated heterocycles. The minimum absolute atomic E-state index is 0.0552. The zero-order valence-electron chi connectivity index (χ0n) is 25.3. The minimum Gasteiger partial charge on any atom is -0.495 e. The average molecular weight is 672 g/mol. The average Bonchev–Trinajstić information content (AvgIpc) is 3.03. The van der Waals surface area contributed by atoms with Crippen molar-refractivity contribution in [2.24, 2.45) is 5.10 Å². The van der Waals surface area contributed by atoms with Gasteiger partial charge in [-0.3, -0.25) is 24.0 Å². The fourth-order valence-corrected chi connectivity index (χ4v) is 6.50. The highest BCUT2D eigenvalue weighted by molar-refractivity contribution is 7.92. The fourth-order valence-electron chi connectivity index (χ4n) is 4.89. The number of halogens is 1. The van der Waals surface area contributed by atoms with E-state index in [0.29, 0.717) is 11.3 Å². The predicted octanol–water partition coefficient (Wildman–Crippen LogP) is 4.74. The van der Waals surface area contributed by atoms with Crippen LogP contribution >= 0.6 is 11.6 Å². The van der Waals surface area contributed by atoms with Crippen molar-refractivity contribution >= 4 is 51.0 Å². The lowest BCUT2D eigenvalue weighted by Gasteiger charge is -2.25. The second-order valence-electron chi connectivity index (χ2n) is 10.6. The number of nitro benzene ring substituents is 1. The number of benzene rings is 3. The van der Waals surface area contributed by atoms with E-state index in [4.69, 9.17) is 21.1 Å². The van der Waals surface area contributed by atoms with Gasteiger partial charge in [-0.1, -0.05) is 36.9 Å². The number of anilines is 1. The maximum absolute atomic E-state index is 13.8. The minimum atomic E-state index is -4.54. The monoisotopic (exact) mass is 671 g/mol. The number of hydrogen-bond donors (Lipinski definition) is 2. The van der Waals surface area contributed by atoms with Gasteiger partial charge in [0, 0.05) is 22.7 Å². The van der Waals surface area contributed by atoms with Crippen molar-refractivity contribution in [3.05, 3.63) is 86.9 Å². The summed E-state index contributed by atoms with van der Waals surface area (Å²) in [6.07, 6.45) is 6.74. The molecule has 1 aliphatic carbocycles. The number of methoxy groups -OCH3 is 1. The maximum Gasteiger partial charge on any atom is 0.273 e. The van der Waals surface area contributed by atoms with Crippen molar-refractivity contribution in [3.8, 4) is 11.5 Å². The molecule has 4 rings (SSSR count). The largest absolute Gasteiger partial charge is 0.495 e. The van der Waals surface area contributed by atoms with Crippen molar-refractivity contribution < 1.29 is 32.4 Å². The summed E-state index contributed by atoms with van der Waals surface area (Å²) in [5.41, 5.74) is 2.70. The molecule has 1 saturated carbocycles. The Bertz CT molecular complexity index is 1710. The summed E-state index contributed by atoms with van der Waals surface area (Å²) in [5, 5.41) is 18.6. The van der Waals surface area contributed by atoms with Crippen LogP contribution in [0.15, 0.2) is 70.7 Å². The topological polar surface area (TPSA) is 170 Å². The first-order valence-corrected chi connectivity index (χ1v) is 16.2. The zero-order chi connectivity index (χ0) is 33.3. The molecule has 0 heterocycles. The molecule has 3 aromatic rings. The fraction of sp³-hybridized carbons (Fsp3) is 0.323. The van der Waals surface area contributed by atoms with Crippen molar-refractivity contribution in [3.63, 3.8) is 0 Å². The van der Waals surface area contributed by atoms with Crippen LogP contribution in [0.3, 0.4) is 0 Å². The van der Waals surface area contributed by atoms with Crippen LogP contribution in [-0.2, 0) is 19.6 Å². The molecule has 13 nitrogen and oxygen atoms in total. The van der Waals surface area contributed by atoms with E-state index in [2.05, 4.69) is 15.8 Å². The number of amides is 2. The maximum atomic E-state index is 13.8. The number of nitrogens with one attached hydrogen (secondary N) is 2. The van der Waals surface area contributed by atoms with E-state index >= 15 is 0 Å². The Labute approximate surface area is 271 Å². The van der Waals surface area contributed by atoms with Gasteiger partial charge in [0.15, 0.2) is 6.61 Å². The van der Waals surface area contributed by atoms with Crippen LogP contribution in [0.4, 0.5) is 11.4 Å². The van der Waals surface area contributed by atoms with E-state index in [-0.39, 0.29) is 40.6 Å². The number of carbonyl (C=O) groups is 2. The predicted molar refractivity (Wildman–Crippen MR) is 173 cm³/mol. The van der Waals surface area contributed by atoms with Crippen LogP contribution in [0.25, 0.3) is 0 Å². The van der Waals surface area contributed by atoms with E-state index < -0.39 is 38.0 Å². The molecule has 46 heavy (non-hydrogen) atoms. The molecular weight excluding hydrogens is 638 g/mol. The third-order valence-electron chi connectivity index (χ3n) is 7.29. The molecule has 15 heteroatoms. The lowest BCUT2D eigenvalue weighted by molar-refractivity contribution is -0.385. The van der Waals surface area contributed by atoms with E-state index in [1.165, 1.54) is 57.0 Å². The van der Waals surface area contributed by atoms with Crippen molar-refractivity contribution in [2.45, 2.75) is 50.0 Å². The first-order chi connectivity index (χ1) is 22.0. The molecule has 244 valence electrons. The highest BCUT2D eigenvalue weighted by atomic mass is 35.5. The molecule has 0 radical (unpaired) electrons. The van der Waals surface area contributed by atoms with E-state index in [9.17, 15) is 28.1 Å². The SMILES string of the molecule is COc1ccc(Cl)cc1N(CC(=O)N/N=C\c1ccc(OCC(=O)NC2CCCCC2)cc1)S(=O)(=O)c1ccc(C)c([N+](=O)[O-])c1. The van der Waals surface area contributed by atoms with Crippen LogP contribution in [0, 0.1) is 17.0 Å². The molecule has 0 spiro atoms. The summed E-state index contributed by atoms with van der Waals surface area (Å²) in [5.74, 6) is -0.410. The van der Waals surface area contributed by atoms with Crippen LogP contribution in [-0.4, -0.2) is 57.7 Å². The quantitative estimate of drug-likeness (QED) is 0.149. The summed E-state index contributed by atoms with van der Waals surface area (Å²) in [6.45, 7) is 0.621. The Morgan fingerprint density at radius 3 is 2.46 bits per heavy atom. The number of sulfonamides is 1. The van der Waals surface area contributed by atoms with Crippen LogP contribution in [0.1, 0.15) is 43.2 Å². The van der Waals surface area contributed by atoms with Crippen LogP contribution in [0.2, 0.25) is 5.02 Å². The van der Waals surface area contributed by atoms with Gasteiger partial charge in [-0.05, 0) is 73.9 Å². The Morgan fingerprint density at radius 2 is 1.78 bits per heavy atom. The Kier molecular flexibility index (Phi) is 11.6. The Morgan fingerprint density at radius 1 is 1.07 bits per heavy atom. The molecule has 2 amide bonds. The highest BCUT2D eigenvalue weighted by Gasteiger charge is 2.31. The van der Waals surface area contributed by atoms with Crippen LogP contribution in [0.5, 0.6) is 11.5 Å². The van der Waals surface area contributed by atoms with E-state index in [1.54, 1.807) is 24.3 Å². The third-order valence-corrected chi connectivity index (χ3v) is 9.28. The van der Waals surface area contributed by atoms with Gasteiger partial charge in [0.2, 0.25) is 0 Å². The first-order valence-electron chi connectivity index (χ1n) is 14.4. The number of hydrazone groups is 1. The van der Waals surface area contributed by atoms with Gasteiger partial charge in [-0.25, -0.2) is 13.8 Å². The number of nitro groups is 1. The first kappa shape index (κ1) is 34.2. The molecule has 0 aliphatic heterocycles. The van der Waals surface area contributed by atoms with Gasteiger partial charge in [-0.2, -0.15) is 5.10 Å². The van der Waals surface area contributed by atoms with Gasteiger partial charge >= 0.3 is 0 Å². The molecular formula is C31H34ClN5O8S. The number of hydrogen-bond acceptors (Lipinski definition) is 9. The molecule has 0 unspecified atom stereocenters. The molecule has 1 aliphatic rings. The molecule has 0 bridgehead atoms. The smallest absolute Gasteiger partial charge is 0.273 e. The zero-order valence-corrected chi connectivity index (χ0v) is 26.8. The Hall–Kier alpha value is -4.69. The summed E-state index contributed by atoms with van der Waals surface area (Å²) < 4.78 is 39.2. The van der Waals surface area contributed by atoms with Gasteiger partial charge < -0.3 is 14.8 Å². The molecule has 2 N–H and O–H groups in total. The summed E-state index contributed by atoms with van der Waals surface area (Å²) in [7, 11) is -3.22. The summed E-state index contributed by atoms with van der Waals surface area (Å²) in [4.78, 5) is 35.6. The van der Waals surface area contributed by atoms with E-state index in [1.807, 2.05) is 0 Å². The second-order valence-corrected chi connectivity index (χ2v) is 12.9. The third kappa shape index (κ3) is 8.95. The number of carbonyl (C=O) groups excluding carboxylic acids is 2. The number of nitrogens with zero attached hydrogens (tertiary/aromatic N) is 3. The summed E-state index contributed by atoms with van der Waals surface area (Å²) in [6, 6.07) is 14.5. The number of ether oxygens (including phenoxy) is 2. The van der Waals surface area contributed by atoms with Crippen molar-refractivity contribution in [1.29, 1.82) is 0 Å². The number of rotatable bonds is 13. The summed E-state index contributed by atoms with van der Waals surface area (Å²) >= 11 is 6.16. The molecule has 0 aromatic heterocycles. The number of aryl methyl sites for hydroxylation is 1. The highest BCUT2D eigenvalue weighted by Crippen LogP contribution is 2.35. The molecule has 1 fully saturated rings. The van der Waals surface area contributed by atoms with E-state index in [0.717, 1.165) is 36.1 Å². The molecule has 0 atom stereocenters. The van der Waals surface area contributed by atoms with Gasteiger partial charge in [-0.15, -0.1) is 0 Å². The lowest BCUT2D eigenvalue weighted by atomic mass is 9.95. The standard InChI is InChI=1S/C31H34ClN5O8S/c1-21-8-14-26(17-27(21)37(40)41)46(42,43)36(28-16-23(32)11-15-29(28)44-2)19-30(38)35-33-18-22-9-12-25(13-10-22)45-20-31(39)34-24-6-4-3-5-7-24/h8-18,24H,3-7,19-20H2,1-2H3,(H,34,39)(H,35,38)/b33-18-. The lowest BCUT2D eigenvalue weighted by Crippen LogP contribution is -2.39. The van der Waals surface area contributed by atoms with Crippen molar-refractivity contribution in [1.82, 2.24) is 10.7 Å². The van der Waals surface area contributed by atoms with Crippen molar-refractivity contribution in [2.75, 3.05) is 24.6 Å². The van der Waals surface area contributed by atoms with Gasteiger partial charge in [0.1, 0.15) is 18.0 Å². The Balaban J connectivity index is 1.44. The van der Waals surface area contributed by atoms with Gasteiger partial charge in [0.25, 0.3) is 27.5 Å². The van der Waals surface area contributed by atoms with Gasteiger partial charge in [0.05, 0.1) is 28.8 Å². The normalized spacial score (nSPS) is 13.6.